The van der Waals surface area contributed by atoms with Gasteiger partial charge in [0.25, 0.3) is 0 Å². The van der Waals surface area contributed by atoms with E-state index in [9.17, 15) is 0 Å². The lowest BCUT2D eigenvalue weighted by Crippen LogP contribution is -2.08. The van der Waals surface area contributed by atoms with Gasteiger partial charge in [-0.15, -0.1) is 0 Å². The number of hydrogen-bond donors (Lipinski definition) is 1. The van der Waals surface area contributed by atoms with Crippen LogP contribution in [0.4, 0.5) is 0 Å². The normalized spacial score (nSPS) is 19.2. The number of nitrogens with one attached hydrogen (secondary N) is 1. The molecule has 0 fully saturated rings. The second-order valence-corrected chi connectivity index (χ2v) is 5.05. The lowest BCUT2D eigenvalue weighted by atomic mass is 10.2. The molecule has 0 spiro atoms. The summed E-state index contributed by atoms with van der Waals surface area (Å²) in [6.45, 7) is 8.89. The first-order chi connectivity index (χ1) is 9.97. The fourth-order valence-electron chi connectivity index (χ4n) is 1.65. The molecule has 3 nitrogen and oxygen atoms in total. The van der Waals surface area contributed by atoms with Crippen LogP contribution in [0.5, 0.6) is 0 Å². The number of hydrogen-bond acceptors (Lipinski definition) is 3. The van der Waals surface area contributed by atoms with E-state index in [1.165, 1.54) is 5.70 Å². The van der Waals surface area contributed by atoms with Crippen molar-refractivity contribution < 1.29 is 0 Å². The second-order valence-electron chi connectivity index (χ2n) is 5.05. The van der Waals surface area contributed by atoms with Gasteiger partial charge < -0.3 is 10.2 Å². The Morgan fingerprint density at radius 1 is 1.33 bits per heavy atom. The summed E-state index contributed by atoms with van der Waals surface area (Å²) < 4.78 is 0. The Hall–Kier alpha value is -2.21. The predicted octanol–water partition coefficient (Wildman–Crippen LogP) is 3.25. The molecule has 21 heavy (non-hydrogen) atoms. The van der Waals surface area contributed by atoms with Crippen LogP contribution in [0, 0.1) is 11.8 Å². The average Bonchev–Trinajstić information content (AvgIpc) is 2.85. The number of nitrogens with zero attached hydrogens (tertiary/aromatic N) is 2. The minimum absolute atomic E-state index is 0.777. The minimum Gasteiger partial charge on any atom is -0.381 e. The number of rotatable bonds is 3. The van der Waals surface area contributed by atoms with Crippen molar-refractivity contribution in [2.45, 2.75) is 27.7 Å². The Labute approximate surface area is 128 Å². The van der Waals surface area contributed by atoms with Crippen LogP contribution in [0.15, 0.2) is 52.0 Å². The molecule has 0 amide bonds. The highest BCUT2D eigenvalue weighted by atomic mass is 15.1. The van der Waals surface area contributed by atoms with Crippen LogP contribution in [-0.2, 0) is 0 Å². The molecular formula is C18H25N3. The highest BCUT2D eigenvalue weighted by molar-refractivity contribution is 6.11. The molecule has 1 heterocycles. The molecule has 0 aromatic carbocycles. The highest BCUT2D eigenvalue weighted by Gasteiger charge is 2.12. The Morgan fingerprint density at radius 2 is 2.05 bits per heavy atom. The van der Waals surface area contributed by atoms with Gasteiger partial charge in [-0.05, 0) is 57.4 Å². The van der Waals surface area contributed by atoms with E-state index in [-0.39, 0.29) is 0 Å². The smallest absolute Gasteiger partial charge is 0.0923 e. The lowest BCUT2D eigenvalue weighted by molar-refractivity contribution is 0.514. The van der Waals surface area contributed by atoms with E-state index in [2.05, 4.69) is 40.0 Å². The van der Waals surface area contributed by atoms with E-state index in [4.69, 9.17) is 0 Å². The summed E-state index contributed by atoms with van der Waals surface area (Å²) in [5.74, 6) is 6.32. The van der Waals surface area contributed by atoms with Crippen molar-refractivity contribution in [1.82, 2.24) is 10.2 Å². The molecule has 1 aliphatic rings. The van der Waals surface area contributed by atoms with Gasteiger partial charge in [-0.1, -0.05) is 12.0 Å². The standard InChI is InChI=1S/C18H25N3/c1-7-17-18(19-8-2)13-16(20-17)12-10-14(3)9-11-15(4)21(5)6/h7,9,11,13,20H,8H2,1-6H3/b14-9+,15-11+,17-7+,19-18-. The van der Waals surface area contributed by atoms with Crippen molar-refractivity contribution in [3.8, 4) is 11.8 Å². The van der Waals surface area contributed by atoms with Crippen molar-refractivity contribution >= 4 is 5.71 Å². The maximum Gasteiger partial charge on any atom is 0.0923 e. The van der Waals surface area contributed by atoms with Crippen LogP contribution in [0.1, 0.15) is 27.7 Å². The van der Waals surface area contributed by atoms with E-state index in [1.807, 2.05) is 53.1 Å². The van der Waals surface area contributed by atoms with Crippen LogP contribution >= 0.6 is 0 Å². The van der Waals surface area contributed by atoms with Crippen molar-refractivity contribution in [1.29, 1.82) is 0 Å². The molecular weight excluding hydrogens is 258 g/mol. The van der Waals surface area contributed by atoms with Crippen LogP contribution < -0.4 is 5.32 Å². The summed E-state index contributed by atoms with van der Waals surface area (Å²) in [5, 5.41) is 3.28. The van der Waals surface area contributed by atoms with Gasteiger partial charge >= 0.3 is 0 Å². The zero-order valence-corrected chi connectivity index (χ0v) is 13.9. The molecule has 0 saturated carbocycles. The summed E-state index contributed by atoms with van der Waals surface area (Å²) in [6.07, 6.45) is 8.13. The fourth-order valence-corrected chi connectivity index (χ4v) is 1.65. The first-order valence-corrected chi connectivity index (χ1v) is 7.22. The largest absolute Gasteiger partial charge is 0.381 e. The van der Waals surface area contributed by atoms with Gasteiger partial charge in [0.05, 0.1) is 17.1 Å². The summed E-state index contributed by atoms with van der Waals surface area (Å²) >= 11 is 0. The summed E-state index contributed by atoms with van der Waals surface area (Å²) in [6, 6.07) is 0. The molecule has 3 heteroatoms. The van der Waals surface area contributed by atoms with Gasteiger partial charge in [-0.2, -0.15) is 0 Å². The molecule has 1 aliphatic heterocycles. The number of aliphatic imine (C=N–C) groups is 1. The summed E-state index contributed by atoms with van der Waals surface area (Å²) in [5.41, 5.74) is 5.14. The third-order valence-electron chi connectivity index (χ3n) is 3.12. The van der Waals surface area contributed by atoms with Gasteiger partial charge in [0.1, 0.15) is 0 Å². The van der Waals surface area contributed by atoms with E-state index in [0.717, 1.165) is 29.2 Å². The zero-order chi connectivity index (χ0) is 15.8. The van der Waals surface area contributed by atoms with Gasteiger partial charge in [0, 0.05) is 26.3 Å². The zero-order valence-electron chi connectivity index (χ0n) is 13.9. The lowest BCUT2D eigenvalue weighted by Gasteiger charge is -2.10. The molecule has 112 valence electrons. The molecule has 0 saturated heterocycles. The Kier molecular flexibility index (Phi) is 6.55. The molecule has 1 N–H and O–H groups in total. The summed E-state index contributed by atoms with van der Waals surface area (Å²) in [7, 11) is 4.06. The first kappa shape index (κ1) is 16.8. The van der Waals surface area contributed by atoms with E-state index in [1.54, 1.807) is 0 Å². The monoisotopic (exact) mass is 283 g/mol. The SMILES string of the molecule is C/C=C1/NC(C#C/C(C)=C/C=C(\C)N(C)C)=C/C1=N/CC. The molecule has 0 bridgehead atoms. The van der Waals surface area contributed by atoms with E-state index >= 15 is 0 Å². The van der Waals surface area contributed by atoms with Crippen LogP contribution in [-0.4, -0.2) is 31.3 Å². The van der Waals surface area contributed by atoms with Gasteiger partial charge in [-0.3, -0.25) is 4.99 Å². The van der Waals surface area contributed by atoms with Crippen LogP contribution in [0.2, 0.25) is 0 Å². The van der Waals surface area contributed by atoms with Crippen LogP contribution in [0.25, 0.3) is 0 Å². The second kappa shape index (κ2) is 8.16. The van der Waals surface area contributed by atoms with Crippen molar-refractivity contribution in [2.24, 2.45) is 4.99 Å². The quantitative estimate of drug-likeness (QED) is 0.636. The van der Waals surface area contributed by atoms with Crippen LogP contribution in [0.3, 0.4) is 0 Å². The molecule has 0 unspecified atom stereocenters. The Bertz CT molecular complexity index is 588. The van der Waals surface area contributed by atoms with E-state index in [0.29, 0.717) is 0 Å². The van der Waals surface area contributed by atoms with Gasteiger partial charge in [-0.25, -0.2) is 0 Å². The van der Waals surface area contributed by atoms with Crippen molar-refractivity contribution in [2.75, 3.05) is 20.6 Å². The summed E-state index contributed by atoms with van der Waals surface area (Å²) in [4.78, 5) is 6.52. The minimum atomic E-state index is 0.777. The third kappa shape index (κ3) is 5.35. The molecule has 1 rings (SSSR count). The molecule has 0 radical (unpaired) electrons. The van der Waals surface area contributed by atoms with Crippen molar-refractivity contribution in [3.63, 3.8) is 0 Å². The predicted molar refractivity (Wildman–Crippen MR) is 91.9 cm³/mol. The average molecular weight is 283 g/mol. The molecule has 0 aromatic rings. The third-order valence-corrected chi connectivity index (χ3v) is 3.12. The maximum atomic E-state index is 4.44. The molecule has 0 aromatic heterocycles. The van der Waals surface area contributed by atoms with Crippen molar-refractivity contribution in [3.05, 3.63) is 47.0 Å². The van der Waals surface area contributed by atoms with Gasteiger partial charge in [0.15, 0.2) is 0 Å². The topological polar surface area (TPSA) is 27.6 Å². The molecule has 0 atom stereocenters. The van der Waals surface area contributed by atoms with Gasteiger partial charge in [0.2, 0.25) is 0 Å². The number of allylic oxidation sites excluding steroid dienone is 7. The highest BCUT2D eigenvalue weighted by Crippen LogP contribution is 2.10. The Balaban J connectivity index is 2.84. The first-order valence-electron chi connectivity index (χ1n) is 7.22. The Morgan fingerprint density at radius 3 is 2.62 bits per heavy atom. The molecule has 0 aliphatic carbocycles. The maximum absolute atomic E-state index is 4.44. The van der Waals surface area contributed by atoms with E-state index < -0.39 is 0 Å². The fraction of sp³-hybridized carbons (Fsp3) is 0.389.